The second kappa shape index (κ2) is 34.5. The molecular weight excluding hydrogens is 1420 g/mol. The summed E-state index contributed by atoms with van der Waals surface area (Å²) in [5.41, 5.74) is 2.16. The molecule has 3 amide bonds. The Balaban J connectivity index is 0.778. The molecular formula is C73H88F2N12O21. The fourth-order valence-electron chi connectivity index (χ4n) is 14.8. The number of nitrogens with zero attached hydrogens (tertiary/aromatic N) is 10. The first-order valence-corrected chi connectivity index (χ1v) is 36.2. The van der Waals surface area contributed by atoms with Crippen LogP contribution in [0.3, 0.4) is 0 Å². The number of rotatable bonds is 26. The molecule has 580 valence electrons. The summed E-state index contributed by atoms with van der Waals surface area (Å²) in [5.74, 6) is -5.77. The number of hydrogen-bond donors (Lipinski definition) is 11. The molecule has 13 rings (SSSR count). The SMILES string of the molecule is CCC[C@H](OC1C(OC(=O)c2ccccc2)[C@H](O[C@@H]2CC(C(=O)NCCNC(=O)C3CC(n4cc(-c5cccc(F)c5)nn4)C(O)[C@H](O[C@@H]4OC(CO)[C@H](O)C(n5cc(-c6cccc(F)c6)nn5)C4O)C3)CC(n3cc(-c4ccccc4)nn3)C2O[C@@H]2OC(C)[C@@H](O)C(O)C2O)OC(CO)[C@@H]1O)C(=O)N1CCC1. The summed E-state index contributed by atoms with van der Waals surface area (Å²) in [6.45, 7) is 2.14. The number of ether oxygens (including phenoxy) is 8. The Morgan fingerprint density at radius 1 is 0.546 bits per heavy atom. The molecule has 11 N–H and O–H groups in total. The first kappa shape index (κ1) is 77.6. The van der Waals surface area contributed by atoms with E-state index in [1.54, 1.807) is 65.7 Å². The largest absolute Gasteiger partial charge is 0.450 e. The number of aliphatic hydroxyl groups is 9. The van der Waals surface area contributed by atoms with Crippen LogP contribution in [0.2, 0.25) is 0 Å². The molecule has 0 bridgehead atoms. The molecule has 7 aromatic rings. The lowest BCUT2D eigenvalue weighted by molar-refractivity contribution is -0.348. The van der Waals surface area contributed by atoms with Gasteiger partial charge in [-0.1, -0.05) is 102 Å². The highest BCUT2D eigenvalue weighted by atomic mass is 19.1. The average Bonchev–Trinajstić information content (AvgIpc) is 1.19. The number of aromatic nitrogens is 9. The molecule has 6 aliphatic rings. The molecule has 3 aromatic heterocycles. The Morgan fingerprint density at radius 2 is 1.07 bits per heavy atom. The van der Waals surface area contributed by atoms with E-state index in [2.05, 4.69) is 41.6 Å². The topological polar surface area (TPSA) is 444 Å². The average molecular weight is 1510 g/mol. The maximum Gasteiger partial charge on any atom is 0.338 e. The predicted octanol–water partition coefficient (Wildman–Crippen LogP) is 0.689. The first-order chi connectivity index (χ1) is 52.2. The highest BCUT2D eigenvalue weighted by Gasteiger charge is 2.56. The summed E-state index contributed by atoms with van der Waals surface area (Å²) in [6, 6.07) is 24.2. The number of nitrogens with one attached hydrogen (secondary N) is 2. The summed E-state index contributed by atoms with van der Waals surface area (Å²) >= 11 is 0. The number of hydrogen-bond acceptors (Lipinski definition) is 27. The van der Waals surface area contributed by atoms with Crippen LogP contribution >= 0.6 is 0 Å². The second-order valence-corrected chi connectivity index (χ2v) is 28.0. The number of benzene rings is 4. The Labute approximate surface area is 617 Å². The van der Waals surface area contributed by atoms with Crippen molar-refractivity contribution in [3.05, 3.63) is 145 Å². The van der Waals surface area contributed by atoms with Crippen molar-refractivity contribution >= 4 is 23.7 Å². The zero-order chi connectivity index (χ0) is 76.0. The Bertz CT molecular complexity index is 4170. The molecule has 4 aliphatic heterocycles. The summed E-state index contributed by atoms with van der Waals surface area (Å²) < 4.78 is 84.0. The van der Waals surface area contributed by atoms with E-state index in [1.165, 1.54) is 77.2 Å². The molecule has 6 fully saturated rings. The third-order valence-electron chi connectivity index (χ3n) is 20.8. The summed E-state index contributed by atoms with van der Waals surface area (Å²) in [4.78, 5) is 59.9. The fourth-order valence-corrected chi connectivity index (χ4v) is 14.8. The molecule has 15 unspecified atom stereocenters. The van der Waals surface area contributed by atoms with Crippen molar-refractivity contribution in [1.29, 1.82) is 0 Å². The van der Waals surface area contributed by atoms with Crippen molar-refractivity contribution in [3.63, 3.8) is 0 Å². The summed E-state index contributed by atoms with van der Waals surface area (Å²) in [5, 5.41) is 134. The van der Waals surface area contributed by atoms with Gasteiger partial charge in [0, 0.05) is 54.7 Å². The van der Waals surface area contributed by atoms with Crippen LogP contribution < -0.4 is 10.6 Å². The van der Waals surface area contributed by atoms with Crippen LogP contribution in [0.1, 0.15) is 87.3 Å². The zero-order valence-corrected chi connectivity index (χ0v) is 58.8. The van der Waals surface area contributed by atoms with Gasteiger partial charge < -0.3 is 99.4 Å². The van der Waals surface area contributed by atoms with Crippen molar-refractivity contribution in [3.8, 4) is 33.8 Å². The number of halogens is 2. The third-order valence-corrected chi connectivity index (χ3v) is 20.8. The molecule has 2 saturated carbocycles. The van der Waals surface area contributed by atoms with E-state index >= 15 is 4.79 Å². The van der Waals surface area contributed by atoms with Gasteiger partial charge in [0.15, 0.2) is 25.0 Å². The molecule has 0 spiro atoms. The minimum Gasteiger partial charge on any atom is -0.450 e. The second-order valence-electron chi connectivity index (χ2n) is 28.0. The summed E-state index contributed by atoms with van der Waals surface area (Å²) in [7, 11) is 0. The molecule has 24 atom stereocenters. The van der Waals surface area contributed by atoms with Gasteiger partial charge in [-0.2, -0.15) is 0 Å². The predicted molar refractivity (Wildman–Crippen MR) is 368 cm³/mol. The van der Waals surface area contributed by atoms with E-state index < -0.39 is 189 Å². The van der Waals surface area contributed by atoms with Crippen molar-refractivity contribution in [2.24, 2.45) is 11.8 Å². The van der Waals surface area contributed by atoms with Crippen LogP contribution in [-0.4, -0.2) is 275 Å². The Hall–Kier alpha value is -8.60. The smallest absolute Gasteiger partial charge is 0.338 e. The zero-order valence-electron chi connectivity index (χ0n) is 58.8. The van der Waals surface area contributed by atoms with Gasteiger partial charge in [0.05, 0.1) is 67.8 Å². The maximum absolute atomic E-state index is 15.1. The van der Waals surface area contributed by atoms with Crippen LogP contribution in [0, 0.1) is 23.5 Å². The standard InChI is InChI=1S/C73H88F2N12O21/c1-3-13-51(69(99)84-24-12-25-84)102-65-60(93)55(36-89)106-73(66(65)107-70(100)39-16-8-5-9-17-39)104-53-31-43(29-50(86-32-46(78-82-86)38-14-6-4-7-15-38)64(53)108-72-63(96)62(95)57(90)37(2)101-72)68(98)77-23-22-76-67(97)42-28-49(85-33-47(79-81-85)40-18-10-20-44(74)26-40)58(91)52(30-42)103-71-61(94)56(59(92)54(35-88)105-71)87-34-48(80-83-87)41-19-11-21-45(75)27-41/h4-11,14-21,26-27,32-34,37,42-43,49-66,71-73,88-96H,3,12-13,22-25,28-31,35-36H2,1-2H3,(H,76,97)(H,77,98)/t37?,42?,43?,49?,50?,51-,52+,53+,54?,55?,56?,57+,58?,59-,60-,61?,62?,63?,64?,65?,66?,71+,72-,73+/m0/s1. The Kier molecular flexibility index (Phi) is 24.8. The molecule has 4 aromatic carbocycles. The van der Waals surface area contributed by atoms with Gasteiger partial charge in [0.2, 0.25) is 11.8 Å². The van der Waals surface area contributed by atoms with Crippen molar-refractivity contribution < 1.29 is 112 Å². The van der Waals surface area contributed by atoms with E-state index in [4.69, 9.17) is 37.9 Å². The van der Waals surface area contributed by atoms with Gasteiger partial charge in [-0.3, -0.25) is 14.4 Å². The lowest BCUT2D eigenvalue weighted by Crippen LogP contribution is -2.64. The molecule has 7 heterocycles. The molecule has 0 radical (unpaired) electrons. The number of carbonyl (C=O) groups excluding carboxylic acids is 4. The van der Waals surface area contributed by atoms with Crippen molar-refractivity contribution in [1.82, 2.24) is 60.5 Å². The van der Waals surface area contributed by atoms with E-state index in [0.717, 1.165) is 11.1 Å². The van der Waals surface area contributed by atoms with Crippen LogP contribution in [-0.2, 0) is 52.3 Å². The number of esters is 1. The molecule has 4 saturated heterocycles. The number of likely N-dealkylation sites (tertiary alicyclic amines) is 1. The monoisotopic (exact) mass is 1510 g/mol. The van der Waals surface area contributed by atoms with Gasteiger partial charge in [-0.15, -0.1) is 15.3 Å². The van der Waals surface area contributed by atoms with Crippen molar-refractivity contribution in [2.45, 2.75) is 193 Å². The highest BCUT2D eigenvalue weighted by molar-refractivity contribution is 5.89. The van der Waals surface area contributed by atoms with Crippen molar-refractivity contribution in [2.75, 3.05) is 39.4 Å². The van der Waals surface area contributed by atoms with E-state index in [9.17, 15) is 69.1 Å². The van der Waals surface area contributed by atoms with Crippen LogP contribution in [0.15, 0.2) is 128 Å². The molecule has 33 nitrogen and oxygen atoms in total. The number of carbonyl (C=O) groups is 4. The van der Waals surface area contributed by atoms with E-state index in [1.807, 2.05) is 13.0 Å². The van der Waals surface area contributed by atoms with Gasteiger partial charge >= 0.3 is 5.97 Å². The molecule has 108 heavy (non-hydrogen) atoms. The van der Waals surface area contributed by atoms with Gasteiger partial charge in [0.25, 0.3) is 5.91 Å². The molecule has 2 aliphatic carbocycles. The number of aliphatic hydroxyl groups excluding tert-OH is 9. The maximum atomic E-state index is 15.1. The normalized spacial score (nSPS) is 32.5. The first-order valence-electron chi connectivity index (χ1n) is 36.2. The molecule has 35 heteroatoms. The minimum absolute atomic E-state index is 0.0645. The lowest BCUT2D eigenvalue weighted by atomic mass is 9.80. The minimum atomic E-state index is -1.89. The van der Waals surface area contributed by atoms with Crippen LogP contribution in [0.4, 0.5) is 8.78 Å². The van der Waals surface area contributed by atoms with Gasteiger partial charge in [-0.25, -0.2) is 27.6 Å². The lowest BCUT2D eigenvalue weighted by Gasteiger charge is -2.48. The van der Waals surface area contributed by atoms with Crippen LogP contribution in [0.5, 0.6) is 0 Å². The van der Waals surface area contributed by atoms with E-state index in [-0.39, 0.29) is 68.1 Å². The van der Waals surface area contributed by atoms with Gasteiger partial charge in [0.1, 0.15) is 108 Å². The fraction of sp³-hybridized carbons (Fsp3) is 0.534. The number of amides is 3. The van der Waals surface area contributed by atoms with E-state index in [0.29, 0.717) is 41.9 Å². The Morgan fingerprint density at radius 3 is 1.67 bits per heavy atom. The quantitative estimate of drug-likeness (QED) is 0.0262. The highest BCUT2D eigenvalue weighted by Crippen LogP contribution is 2.43. The van der Waals surface area contributed by atoms with Gasteiger partial charge in [-0.05, 0) is 81.8 Å². The summed E-state index contributed by atoms with van der Waals surface area (Å²) in [6.07, 6.45) is -25.0. The third kappa shape index (κ3) is 17.1. The van der Waals surface area contributed by atoms with Crippen LogP contribution in [0.25, 0.3) is 33.8 Å².